The fourth-order valence-electron chi connectivity index (χ4n) is 1.96. The Bertz CT molecular complexity index is 580. The molecule has 0 unspecified atom stereocenters. The summed E-state index contributed by atoms with van der Waals surface area (Å²) in [6, 6.07) is 7.20. The molecule has 2 aromatic rings. The van der Waals surface area contributed by atoms with Crippen molar-refractivity contribution < 1.29 is 23.4 Å². The molecule has 5 heteroatoms. The van der Waals surface area contributed by atoms with Crippen molar-refractivity contribution in [1.82, 2.24) is 0 Å². The molecular weight excluding hydrogens is 236 g/mol. The minimum absolute atomic E-state index is 0.193. The lowest BCUT2D eigenvalue weighted by molar-refractivity contribution is -0.0440. The summed E-state index contributed by atoms with van der Waals surface area (Å²) in [5, 5.41) is 0.826. The number of rotatable bonds is 2. The van der Waals surface area contributed by atoms with Gasteiger partial charge in [-0.05, 0) is 18.2 Å². The maximum absolute atomic E-state index is 11.4. The molecule has 0 spiro atoms. The van der Waals surface area contributed by atoms with Gasteiger partial charge >= 0.3 is 5.97 Å². The molecule has 1 aromatic heterocycles. The highest BCUT2D eigenvalue weighted by Crippen LogP contribution is 2.28. The van der Waals surface area contributed by atoms with E-state index in [0.29, 0.717) is 18.8 Å². The molecule has 1 aliphatic heterocycles. The molecule has 1 saturated heterocycles. The third-order valence-electron chi connectivity index (χ3n) is 2.82. The van der Waals surface area contributed by atoms with Crippen molar-refractivity contribution in [2.45, 2.75) is 6.29 Å². The van der Waals surface area contributed by atoms with Gasteiger partial charge < -0.3 is 18.6 Å². The summed E-state index contributed by atoms with van der Waals surface area (Å²) in [4.78, 5) is 11.4. The van der Waals surface area contributed by atoms with Crippen LogP contribution in [0, 0.1) is 0 Å². The zero-order valence-corrected chi connectivity index (χ0v) is 9.84. The van der Waals surface area contributed by atoms with Crippen LogP contribution < -0.4 is 0 Å². The second kappa shape index (κ2) is 4.44. The van der Waals surface area contributed by atoms with Crippen molar-refractivity contribution in [3.63, 3.8) is 0 Å². The van der Waals surface area contributed by atoms with Crippen LogP contribution in [0.2, 0.25) is 0 Å². The summed E-state index contributed by atoms with van der Waals surface area (Å²) in [6.45, 7) is 1.20. The number of furan rings is 1. The molecule has 2 heterocycles. The Labute approximate surface area is 103 Å². The molecule has 1 aromatic carbocycles. The molecule has 0 atom stereocenters. The van der Waals surface area contributed by atoms with Crippen LogP contribution in [0.3, 0.4) is 0 Å². The van der Waals surface area contributed by atoms with Crippen molar-refractivity contribution in [3.8, 4) is 0 Å². The lowest BCUT2D eigenvalue weighted by atomic mass is 10.1. The molecule has 0 radical (unpaired) electrons. The lowest BCUT2D eigenvalue weighted by Crippen LogP contribution is -1.98. The summed E-state index contributed by atoms with van der Waals surface area (Å²) in [6.07, 6.45) is -0.328. The summed E-state index contributed by atoms with van der Waals surface area (Å²) in [7, 11) is 1.32. The van der Waals surface area contributed by atoms with E-state index in [1.54, 1.807) is 12.1 Å². The van der Waals surface area contributed by atoms with E-state index in [4.69, 9.17) is 13.9 Å². The van der Waals surface area contributed by atoms with Crippen LogP contribution in [0.1, 0.15) is 22.4 Å². The first-order valence-corrected chi connectivity index (χ1v) is 5.63. The van der Waals surface area contributed by atoms with Crippen molar-refractivity contribution in [3.05, 3.63) is 35.6 Å². The molecule has 0 bridgehead atoms. The van der Waals surface area contributed by atoms with Crippen LogP contribution in [-0.2, 0) is 14.2 Å². The van der Waals surface area contributed by atoms with E-state index < -0.39 is 5.97 Å². The van der Waals surface area contributed by atoms with Gasteiger partial charge in [-0.1, -0.05) is 6.07 Å². The minimum Gasteiger partial charge on any atom is -0.463 e. The summed E-state index contributed by atoms with van der Waals surface area (Å²) >= 11 is 0. The average Bonchev–Trinajstić information content (AvgIpc) is 3.05. The standard InChI is InChI=1S/C13H12O5/c1-15-12(14)11-7-9-6-8(2-3-10(9)18-11)13-16-4-5-17-13/h2-3,6-7,13H,4-5H2,1H3. The first kappa shape index (κ1) is 11.3. The van der Waals surface area contributed by atoms with E-state index in [1.165, 1.54) is 7.11 Å². The number of hydrogen-bond acceptors (Lipinski definition) is 5. The minimum atomic E-state index is -0.485. The third kappa shape index (κ3) is 1.87. The maximum atomic E-state index is 11.4. The Morgan fingerprint density at radius 3 is 2.78 bits per heavy atom. The van der Waals surface area contributed by atoms with Crippen LogP contribution in [0.5, 0.6) is 0 Å². The third-order valence-corrected chi connectivity index (χ3v) is 2.82. The number of carbonyl (C=O) groups excluding carboxylic acids is 1. The van der Waals surface area contributed by atoms with Crippen LogP contribution in [0.4, 0.5) is 0 Å². The molecule has 1 fully saturated rings. The van der Waals surface area contributed by atoms with E-state index in [9.17, 15) is 4.79 Å². The molecule has 3 rings (SSSR count). The predicted octanol–water partition coefficient (Wildman–Crippen LogP) is 2.26. The monoisotopic (exact) mass is 248 g/mol. The molecule has 1 aliphatic rings. The van der Waals surface area contributed by atoms with E-state index >= 15 is 0 Å². The van der Waals surface area contributed by atoms with Gasteiger partial charge in [0, 0.05) is 10.9 Å². The SMILES string of the molecule is COC(=O)c1cc2cc(C3OCCO3)ccc2o1. The Kier molecular flexibility index (Phi) is 2.77. The molecule has 5 nitrogen and oxygen atoms in total. The summed E-state index contributed by atoms with van der Waals surface area (Å²) in [5.74, 6) is -0.293. The summed E-state index contributed by atoms with van der Waals surface area (Å²) in [5.41, 5.74) is 1.55. The van der Waals surface area contributed by atoms with Crippen molar-refractivity contribution in [1.29, 1.82) is 0 Å². The Morgan fingerprint density at radius 2 is 2.06 bits per heavy atom. The number of benzene rings is 1. The number of carbonyl (C=O) groups is 1. The highest BCUT2D eigenvalue weighted by atomic mass is 16.7. The van der Waals surface area contributed by atoms with E-state index in [-0.39, 0.29) is 12.1 Å². The van der Waals surface area contributed by atoms with E-state index in [2.05, 4.69) is 4.74 Å². The quantitative estimate of drug-likeness (QED) is 0.763. The van der Waals surface area contributed by atoms with Gasteiger partial charge in [-0.25, -0.2) is 4.79 Å². The van der Waals surface area contributed by atoms with Crippen molar-refractivity contribution in [2.75, 3.05) is 20.3 Å². The molecular formula is C13H12O5. The average molecular weight is 248 g/mol. The van der Waals surface area contributed by atoms with Gasteiger partial charge in [0.05, 0.1) is 20.3 Å². The fourth-order valence-corrected chi connectivity index (χ4v) is 1.96. The number of ether oxygens (including phenoxy) is 3. The van der Waals surface area contributed by atoms with Crippen molar-refractivity contribution >= 4 is 16.9 Å². The molecule has 18 heavy (non-hydrogen) atoms. The van der Waals surface area contributed by atoms with Crippen LogP contribution in [-0.4, -0.2) is 26.3 Å². The van der Waals surface area contributed by atoms with Crippen molar-refractivity contribution in [2.24, 2.45) is 0 Å². The van der Waals surface area contributed by atoms with E-state index in [0.717, 1.165) is 10.9 Å². The van der Waals surface area contributed by atoms with Gasteiger partial charge in [0.2, 0.25) is 5.76 Å². The molecule has 0 saturated carbocycles. The van der Waals surface area contributed by atoms with Gasteiger partial charge in [0.25, 0.3) is 0 Å². The number of esters is 1. The first-order chi connectivity index (χ1) is 8.78. The van der Waals surface area contributed by atoms with Gasteiger partial charge in [-0.2, -0.15) is 0 Å². The zero-order valence-electron chi connectivity index (χ0n) is 9.84. The number of methoxy groups -OCH3 is 1. The molecule has 0 amide bonds. The van der Waals surface area contributed by atoms with Crippen LogP contribution in [0.15, 0.2) is 28.7 Å². The smallest absolute Gasteiger partial charge is 0.373 e. The Hall–Kier alpha value is -1.85. The Morgan fingerprint density at radius 1 is 1.28 bits per heavy atom. The van der Waals surface area contributed by atoms with Gasteiger partial charge in [0.15, 0.2) is 6.29 Å². The molecule has 94 valence electrons. The molecule has 0 aliphatic carbocycles. The second-order valence-corrected chi connectivity index (χ2v) is 3.97. The topological polar surface area (TPSA) is 57.9 Å². The maximum Gasteiger partial charge on any atom is 0.373 e. The second-order valence-electron chi connectivity index (χ2n) is 3.97. The zero-order chi connectivity index (χ0) is 12.5. The van der Waals surface area contributed by atoms with Crippen LogP contribution >= 0.6 is 0 Å². The number of hydrogen-bond donors (Lipinski definition) is 0. The van der Waals surface area contributed by atoms with Gasteiger partial charge in [-0.15, -0.1) is 0 Å². The Balaban J connectivity index is 1.98. The van der Waals surface area contributed by atoms with Gasteiger partial charge in [-0.3, -0.25) is 0 Å². The lowest BCUT2D eigenvalue weighted by Gasteiger charge is -2.08. The normalized spacial score (nSPS) is 16.3. The molecule has 0 N–H and O–H groups in total. The number of fused-ring (bicyclic) bond motifs is 1. The van der Waals surface area contributed by atoms with Gasteiger partial charge in [0.1, 0.15) is 5.58 Å². The summed E-state index contributed by atoms with van der Waals surface area (Å²) < 4.78 is 20.8. The fraction of sp³-hybridized carbons (Fsp3) is 0.308. The predicted molar refractivity (Wildman–Crippen MR) is 62.2 cm³/mol. The first-order valence-electron chi connectivity index (χ1n) is 5.63. The largest absolute Gasteiger partial charge is 0.463 e. The highest BCUT2D eigenvalue weighted by Gasteiger charge is 2.19. The highest BCUT2D eigenvalue weighted by molar-refractivity contribution is 5.92. The van der Waals surface area contributed by atoms with Crippen LogP contribution in [0.25, 0.3) is 11.0 Å². The van der Waals surface area contributed by atoms with E-state index in [1.807, 2.05) is 12.1 Å².